The van der Waals surface area contributed by atoms with Crippen molar-refractivity contribution >= 4 is 15.7 Å². The Balaban J connectivity index is 1.69. The van der Waals surface area contributed by atoms with Gasteiger partial charge in [-0.2, -0.15) is 0 Å². The monoisotopic (exact) mass is 518 g/mol. The summed E-state index contributed by atoms with van der Waals surface area (Å²) in [5.74, 6) is 0.251. The topological polar surface area (TPSA) is 114 Å². The van der Waals surface area contributed by atoms with Crippen LogP contribution in [-0.4, -0.2) is 50.1 Å². The third-order valence-electron chi connectivity index (χ3n) is 6.69. The first kappa shape index (κ1) is 28.0. The molecule has 2 aromatic rings. The summed E-state index contributed by atoms with van der Waals surface area (Å²) in [4.78, 5) is 12.6. The van der Waals surface area contributed by atoms with E-state index in [1.54, 1.807) is 41.9 Å². The van der Waals surface area contributed by atoms with Crippen LogP contribution in [0, 0.1) is 0 Å². The highest BCUT2D eigenvalue weighted by Crippen LogP contribution is 2.31. The van der Waals surface area contributed by atoms with Crippen molar-refractivity contribution in [2.75, 3.05) is 19.8 Å². The molecule has 0 spiro atoms. The molecule has 0 aromatic heterocycles. The van der Waals surface area contributed by atoms with E-state index in [0.717, 1.165) is 32.2 Å². The van der Waals surface area contributed by atoms with Crippen molar-refractivity contribution in [1.29, 1.82) is 0 Å². The fourth-order valence-corrected chi connectivity index (χ4v) is 5.97. The minimum atomic E-state index is -4.15. The Bertz CT molecular complexity index is 1070. The van der Waals surface area contributed by atoms with E-state index in [9.17, 15) is 18.4 Å². The number of carbonyl (C=O) groups excluding carboxylic acids is 1. The van der Waals surface area contributed by atoms with Crippen molar-refractivity contribution < 1.29 is 27.9 Å². The number of hydroxylamine groups is 1. The van der Waals surface area contributed by atoms with Gasteiger partial charge in [-0.3, -0.25) is 10.0 Å². The van der Waals surface area contributed by atoms with Gasteiger partial charge in [0.05, 0.1) is 18.1 Å². The molecule has 36 heavy (non-hydrogen) atoms. The molecule has 1 heterocycles. The van der Waals surface area contributed by atoms with Crippen LogP contribution in [-0.2, 0) is 21.1 Å². The summed E-state index contributed by atoms with van der Waals surface area (Å²) < 4.78 is 36.6. The summed E-state index contributed by atoms with van der Waals surface area (Å²) >= 11 is 0. The van der Waals surface area contributed by atoms with Gasteiger partial charge >= 0.3 is 0 Å². The SMILES string of the molecule is CCCCOc1ccc(S(=O)(=O)C(C)(Cc2ccc(OCCC3CCCCN3)cc2)C(=O)NO)cc1. The summed E-state index contributed by atoms with van der Waals surface area (Å²) in [6.07, 6.45) is 6.33. The van der Waals surface area contributed by atoms with E-state index >= 15 is 0 Å². The maximum Gasteiger partial charge on any atom is 0.265 e. The number of piperidine rings is 1. The Kier molecular flexibility index (Phi) is 10.2. The lowest BCUT2D eigenvalue weighted by molar-refractivity contribution is -0.131. The number of hydrogen-bond acceptors (Lipinski definition) is 7. The Morgan fingerprint density at radius 3 is 2.28 bits per heavy atom. The van der Waals surface area contributed by atoms with Gasteiger partial charge < -0.3 is 14.8 Å². The molecule has 1 saturated heterocycles. The lowest BCUT2D eigenvalue weighted by Crippen LogP contribution is -2.51. The first-order valence-corrected chi connectivity index (χ1v) is 14.2. The summed E-state index contributed by atoms with van der Waals surface area (Å²) in [5.41, 5.74) is 2.17. The molecule has 1 fully saturated rings. The van der Waals surface area contributed by atoms with E-state index < -0.39 is 20.5 Å². The van der Waals surface area contributed by atoms with Crippen LogP contribution in [0.3, 0.4) is 0 Å². The Labute approximate surface area is 214 Å². The zero-order valence-electron chi connectivity index (χ0n) is 21.2. The summed E-state index contributed by atoms with van der Waals surface area (Å²) in [5, 5.41) is 12.9. The molecular formula is C27H38N2O6S. The van der Waals surface area contributed by atoms with E-state index in [1.165, 1.54) is 31.9 Å². The van der Waals surface area contributed by atoms with E-state index in [-0.39, 0.29) is 11.3 Å². The molecule has 2 aromatic carbocycles. The van der Waals surface area contributed by atoms with Crippen LogP contribution in [0.15, 0.2) is 53.4 Å². The highest BCUT2D eigenvalue weighted by atomic mass is 32.2. The van der Waals surface area contributed by atoms with Crippen LogP contribution in [0.2, 0.25) is 0 Å². The fraction of sp³-hybridized carbons (Fsp3) is 0.519. The number of carbonyl (C=O) groups is 1. The van der Waals surface area contributed by atoms with Gasteiger partial charge in [-0.05, 0) is 81.1 Å². The van der Waals surface area contributed by atoms with Crippen LogP contribution in [0.1, 0.15) is 57.9 Å². The van der Waals surface area contributed by atoms with E-state index in [4.69, 9.17) is 9.47 Å². The molecule has 1 amide bonds. The quantitative estimate of drug-likeness (QED) is 0.208. The smallest absolute Gasteiger partial charge is 0.265 e. The summed E-state index contributed by atoms with van der Waals surface area (Å²) in [7, 11) is -4.15. The van der Waals surface area contributed by atoms with E-state index in [2.05, 4.69) is 12.2 Å². The number of rotatable bonds is 13. The van der Waals surface area contributed by atoms with Crippen molar-refractivity contribution in [3.63, 3.8) is 0 Å². The van der Waals surface area contributed by atoms with Crippen molar-refractivity contribution in [2.45, 2.75) is 74.5 Å². The molecule has 0 bridgehead atoms. The molecule has 0 aliphatic carbocycles. The molecule has 3 N–H and O–H groups in total. The molecule has 9 heteroatoms. The number of hydrogen-bond donors (Lipinski definition) is 3. The second-order valence-corrected chi connectivity index (χ2v) is 11.8. The minimum absolute atomic E-state index is 0.0206. The van der Waals surface area contributed by atoms with Crippen LogP contribution in [0.5, 0.6) is 11.5 Å². The predicted molar refractivity (Wildman–Crippen MR) is 138 cm³/mol. The van der Waals surface area contributed by atoms with Crippen molar-refractivity contribution in [3.05, 3.63) is 54.1 Å². The fourth-order valence-electron chi connectivity index (χ4n) is 4.31. The molecule has 2 atom stereocenters. The molecule has 0 radical (unpaired) electrons. The van der Waals surface area contributed by atoms with Crippen molar-refractivity contribution in [1.82, 2.24) is 10.8 Å². The summed E-state index contributed by atoms with van der Waals surface area (Å²) in [6, 6.07) is 13.5. The van der Waals surface area contributed by atoms with Crippen LogP contribution >= 0.6 is 0 Å². The number of sulfone groups is 1. The molecule has 1 aliphatic rings. The highest BCUT2D eigenvalue weighted by Gasteiger charge is 2.47. The van der Waals surface area contributed by atoms with Crippen LogP contribution < -0.4 is 20.3 Å². The first-order valence-electron chi connectivity index (χ1n) is 12.7. The molecule has 2 unspecified atom stereocenters. The van der Waals surface area contributed by atoms with Crippen molar-refractivity contribution in [3.8, 4) is 11.5 Å². The van der Waals surface area contributed by atoms with Gasteiger partial charge in [-0.1, -0.05) is 31.9 Å². The van der Waals surface area contributed by atoms with Crippen LogP contribution in [0.4, 0.5) is 0 Å². The second kappa shape index (κ2) is 13.1. The molecule has 1 aliphatic heterocycles. The molecule has 8 nitrogen and oxygen atoms in total. The third kappa shape index (κ3) is 6.99. The zero-order valence-corrected chi connectivity index (χ0v) is 22.0. The number of ether oxygens (including phenoxy) is 2. The number of amides is 1. The highest BCUT2D eigenvalue weighted by molar-refractivity contribution is 7.93. The standard InChI is InChI=1S/C27H38N2O6S/c1-3-4-18-34-24-12-14-25(15-13-24)36(32,33)27(2,26(30)29-31)20-21-8-10-23(11-9-21)35-19-16-22-7-5-6-17-28-22/h8-15,22,28,31H,3-7,16-20H2,1-2H3,(H,29,30). The average Bonchev–Trinajstić information content (AvgIpc) is 2.90. The van der Waals surface area contributed by atoms with Gasteiger partial charge in [-0.25, -0.2) is 13.9 Å². The van der Waals surface area contributed by atoms with Gasteiger partial charge in [0.15, 0.2) is 14.6 Å². The Morgan fingerprint density at radius 1 is 1.06 bits per heavy atom. The summed E-state index contributed by atoms with van der Waals surface area (Å²) in [6.45, 7) is 5.57. The normalized spacial score (nSPS) is 17.7. The molecule has 3 rings (SSSR count). The van der Waals surface area contributed by atoms with Gasteiger partial charge in [-0.15, -0.1) is 0 Å². The maximum absolute atomic E-state index is 13.5. The van der Waals surface area contributed by atoms with E-state index in [0.29, 0.717) is 36.3 Å². The Morgan fingerprint density at radius 2 is 1.69 bits per heavy atom. The van der Waals surface area contributed by atoms with Crippen LogP contribution in [0.25, 0.3) is 0 Å². The van der Waals surface area contributed by atoms with Gasteiger partial charge in [0.1, 0.15) is 11.5 Å². The van der Waals surface area contributed by atoms with E-state index in [1.807, 2.05) is 0 Å². The molecule has 0 saturated carbocycles. The maximum atomic E-state index is 13.5. The first-order chi connectivity index (χ1) is 17.3. The average molecular weight is 519 g/mol. The minimum Gasteiger partial charge on any atom is -0.494 e. The van der Waals surface area contributed by atoms with Gasteiger partial charge in [0, 0.05) is 12.5 Å². The number of benzene rings is 2. The number of unbranched alkanes of at least 4 members (excludes halogenated alkanes) is 1. The third-order valence-corrected chi connectivity index (χ3v) is 9.10. The zero-order chi connectivity index (χ0) is 26.0. The largest absolute Gasteiger partial charge is 0.494 e. The second-order valence-electron chi connectivity index (χ2n) is 9.45. The van der Waals surface area contributed by atoms with Crippen molar-refractivity contribution in [2.24, 2.45) is 0 Å². The predicted octanol–water partition coefficient (Wildman–Crippen LogP) is 4.06. The van der Waals surface area contributed by atoms with Gasteiger partial charge in [0.25, 0.3) is 5.91 Å². The molecular weight excluding hydrogens is 480 g/mol. The Hall–Kier alpha value is -2.62. The number of nitrogens with one attached hydrogen (secondary N) is 2. The molecule has 198 valence electrons. The lowest BCUT2D eigenvalue weighted by atomic mass is 9.99. The van der Waals surface area contributed by atoms with Gasteiger partial charge in [0.2, 0.25) is 0 Å². The lowest BCUT2D eigenvalue weighted by Gasteiger charge is -2.27.